The monoisotopic (exact) mass is 274 g/mol. The van der Waals surface area contributed by atoms with E-state index in [1.807, 2.05) is 25.2 Å². The molecular weight excluding hydrogens is 252 g/mol. The first-order valence-electron chi connectivity index (χ1n) is 6.92. The van der Waals surface area contributed by atoms with Gasteiger partial charge in [0.25, 0.3) is 0 Å². The van der Waals surface area contributed by atoms with Crippen molar-refractivity contribution >= 4 is 0 Å². The number of hydrogen-bond acceptors (Lipinski definition) is 5. The van der Waals surface area contributed by atoms with Crippen LogP contribution in [-0.4, -0.2) is 42.2 Å². The molecule has 0 saturated heterocycles. The van der Waals surface area contributed by atoms with Gasteiger partial charge in [-0.2, -0.15) is 4.98 Å². The summed E-state index contributed by atoms with van der Waals surface area (Å²) in [5.74, 6) is 1.33. The van der Waals surface area contributed by atoms with Crippen LogP contribution in [0.2, 0.25) is 0 Å². The quantitative estimate of drug-likeness (QED) is 0.783. The Bertz CT molecular complexity index is 538. The highest BCUT2D eigenvalue weighted by Gasteiger charge is 2.11. The zero-order chi connectivity index (χ0) is 14.4. The van der Waals surface area contributed by atoms with E-state index in [9.17, 15) is 0 Å². The molecule has 1 aromatic carbocycles. The second-order valence-corrected chi connectivity index (χ2v) is 5.02. The smallest absolute Gasteiger partial charge is 0.241 e. The normalized spacial score (nSPS) is 11.2. The average Bonchev–Trinajstić information content (AvgIpc) is 2.88. The third-order valence-corrected chi connectivity index (χ3v) is 3.23. The summed E-state index contributed by atoms with van der Waals surface area (Å²) in [6.07, 6.45) is 1.10. The van der Waals surface area contributed by atoms with Gasteiger partial charge in [0.15, 0.2) is 0 Å². The number of aromatic nitrogens is 2. The highest BCUT2D eigenvalue weighted by molar-refractivity contribution is 5.58. The summed E-state index contributed by atoms with van der Waals surface area (Å²) >= 11 is 0. The van der Waals surface area contributed by atoms with E-state index in [4.69, 9.17) is 4.52 Å². The maximum Gasteiger partial charge on any atom is 0.241 e. The summed E-state index contributed by atoms with van der Waals surface area (Å²) in [5.41, 5.74) is 2.18. The van der Waals surface area contributed by atoms with Crippen LogP contribution in [0.4, 0.5) is 0 Å². The van der Waals surface area contributed by atoms with Gasteiger partial charge in [-0.25, -0.2) is 0 Å². The zero-order valence-electron chi connectivity index (χ0n) is 12.4. The van der Waals surface area contributed by atoms with E-state index in [1.54, 1.807) is 0 Å². The Hall–Kier alpha value is -1.72. The van der Waals surface area contributed by atoms with Gasteiger partial charge in [-0.15, -0.1) is 0 Å². The maximum atomic E-state index is 5.33. The van der Waals surface area contributed by atoms with Crippen molar-refractivity contribution in [3.8, 4) is 11.4 Å². The first-order valence-corrected chi connectivity index (χ1v) is 6.92. The van der Waals surface area contributed by atoms with Crippen LogP contribution in [0.5, 0.6) is 0 Å². The molecule has 20 heavy (non-hydrogen) atoms. The summed E-state index contributed by atoms with van der Waals surface area (Å²) < 4.78 is 5.33. The molecule has 0 saturated carbocycles. The Balaban J connectivity index is 1.97. The first-order chi connectivity index (χ1) is 9.70. The molecule has 0 spiro atoms. The van der Waals surface area contributed by atoms with Gasteiger partial charge in [-0.05, 0) is 46.1 Å². The largest absolute Gasteiger partial charge is 0.338 e. The van der Waals surface area contributed by atoms with E-state index < -0.39 is 0 Å². The molecule has 2 rings (SSSR count). The number of nitrogens with zero attached hydrogens (tertiary/aromatic N) is 3. The molecule has 0 unspecified atom stereocenters. The minimum atomic E-state index is 0.662. The van der Waals surface area contributed by atoms with Gasteiger partial charge in [-0.3, -0.25) is 4.90 Å². The van der Waals surface area contributed by atoms with Crippen molar-refractivity contribution in [3.05, 3.63) is 35.7 Å². The molecule has 108 valence electrons. The lowest BCUT2D eigenvalue weighted by Crippen LogP contribution is -2.22. The Morgan fingerprint density at radius 1 is 1.30 bits per heavy atom. The van der Waals surface area contributed by atoms with Crippen LogP contribution in [0.25, 0.3) is 11.4 Å². The summed E-state index contributed by atoms with van der Waals surface area (Å²) in [6, 6.07) is 8.06. The van der Waals surface area contributed by atoms with Crippen molar-refractivity contribution in [2.24, 2.45) is 0 Å². The molecule has 0 aliphatic heterocycles. The van der Waals surface area contributed by atoms with Gasteiger partial charge in [0, 0.05) is 5.56 Å². The maximum absolute atomic E-state index is 5.33. The Morgan fingerprint density at radius 3 is 2.85 bits per heavy atom. The van der Waals surface area contributed by atoms with E-state index in [0.29, 0.717) is 18.3 Å². The topological polar surface area (TPSA) is 54.2 Å². The molecule has 1 N–H and O–H groups in total. The molecule has 1 heterocycles. The molecule has 0 fully saturated rings. The molecule has 0 aliphatic rings. The zero-order valence-corrected chi connectivity index (χ0v) is 12.4. The van der Waals surface area contributed by atoms with E-state index in [1.165, 1.54) is 0 Å². The standard InChI is InChI=1S/C15H22N4O/c1-12-7-4-5-8-13(12)15-17-14(20-18-15)11-19(3)10-6-9-16-2/h4-5,7-8,16H,6,9-11H2,1-3H3. The molecule has 5 heteroatoms. The van der Waals surface area contributed by atoms with Crippen LogP contribution >= 0.6 is 0 Å². The Kier molecular flexibility index (Phi) is 5.26. The number of aryl methyl sites for hydroxylation is 1. The first kappa shape index (κ1) is 14.7. The van der Waals surface area contributed by atoms with E-state index >= 15 is 0 Å². The van der Waals surface area contributed by atoms with Crippen molar-refractivity contribution < 1.29 is 4.52 Å². The molecule has 0 atom stereocenters. The molecule has 5 nitrogen and oxygen atoms in total. The van der Waals surface area contributed by atoms with Gasteiger partial charge >= 0.3 is 0 Å². The highest BCUT2D eigenvalue weighted by Crippen LogP contribution is 2.19. The lowest BCUT2D eigenvalue weighted by Gasteiger charge is -2.13. The van der Waals surface area contributed by atoms with Crippen LogP contribution < -0.4 is 5.32 Å². The molecule has 0 aliphatic carbocycles. The minimum absolute atomic E-state index is 0.662. The fourth-order valence-corrected chi connectivity index (χ4v) is 2.09. The second-order valence-electron chi connectivity index (χ2n) is 5.02. The van der Waals surface area contributed by atoms with Crippen LogP contribution in [0, 0.1) is 6.92 Å². The number of nitrogens with one attached hydrogen (secondary N) is 1. The Morgan fingerprint density at radius 2 is 2.10 bits per heavy atom. The van der Waals surface area contributed by atoms with E-state index in [2.05, 4.69) is 40.4 Å². The van der Waals surface area contributed by atoms with Crippen LogP contribution in [0.3, 0.4) is 0 Å². The molecule has 2 aromatic rings. The van der Waals surface area contributed by atoms with Crippen LogP contribution in [0.15, 0.2) is 28.8 Å². The van der Waals surface area contributed by atoms with E-state index in [0.717, 1.165) is 30.6 Å². The lowest BCUT2D eigenvalue weighted by molar-refractivity contribution is 0.264. The number of hydrogen-bond donors (Lipinski definition) is 1. The molecule has 1 aromatic heterocycles. The van der Waals surface area contributed by atoms with Crippen LogP contribution in [-0.2, 0) is 6.54 Å². The molecule has 0 radical (unpaired) electrons. The third kappa shape index (κ3) is 3.88. The number of rotatable bonds is 7. The average molecular weight is 274 g/mol. The fourth-order valence-electron chi connectivity index (χ4n) is 2.09. The predicted molar refractivity (Wildman–Crippen MR) is 79.3 cm³/mol. The van der Waals surface area contributed by atoms with Crippen molar-refractivity contribution in [1.29, 1.82) is 0 Å². The van der Waals surface area contributed by atoms with Gasteiger partial charge in [0.1, 0.15) is 0 Å². The Labute approximate surface area is 120 Å². The van der Waals surface area contributed by atoms with Crippen molar-refractivity contribution in [2.45, 2.75) is 19.9 Å². The van der Waals surface area contributed by atoms with Crippen molar-refractivity contribution in [3.63, 3.8) is 0 Å². The van der Waals surface area contributed by atoms with Crippen molar-refractivity contribution in [1.82, 2.24) is 20.4 Å². The van der Waals surface area contributed by atoms with Gasteiger partial charge < -0.3 is 9.84 Å². The molecule has 0 bridgehead atoms. The predicted octanol–water partition coefficient (Wildman–Crippen LogP) is 2.09. The van der Waals surface area contributed by atoms with Crippen LogP contribution in [0.1, 0.15) is 17.9 Å². The summed E-state index contributed by atoms with van der Waals surface area (Å²) in [7, 11) is 4.03. The lowest BCUT2D eigenvalue weighted by atomic mass is 10.1. The summed E-state index contributed by atoms with van der Waals surface area (Å²) in [5, 5.41) is 7.21. The fraction of sp³-hybridized carbons (Fsp3) is 0.467. The second kappa shape index (κ2) is 7.17. The highest BCUT2D eigenvalue weighted by atomic mass is 16.5. The van der Waals surface area contributed by atoms with Gasteiger partial charge in [0.2, 0.25) is 11.7 Å². The SMILES string of the molecule is CNCCCN(C)Cc1nc(-c2ccccc2C)no1. The minimum Gasteiger partial charge on any atom is -0.338 e. The summed E-state index contributed by atoms with van der Waals surface area (Å²) in [6.45, 7) is 4.75. The van der Waals surface area contributed by atoms with Gasteiger partial charge in [-0.1, -0.05) is 29.4 Å². The summed E-state index contributed by atoms with van der Waals surface area (Å²) in [4.78, 5) is 6.66. The van der Waals surface area contributed by atoms with Gasteiger partial charge in [0.05, 0.1) is 6.54 Å². The van der Waals surface area contributed by atoms with Crippen molar-refractivity contribution in [2.75, 3.05) is 27.2 Å². The third-order valence-electron chi connectivity index (χ3n) is 3.23. The number of benzene rings is 1. The molecular formula is C15H22N4O. The van der Waals surface area contributed by atoms with E-state index in [-0.39, 0.29) is 0 Å². The molecule has 0 amide bonds.